The average Bonchev–Trinajstić information content (AvgIpc) is 2.65. The van der Waals surface area contributed by atoms with Crippen molar-refractivity contribution in [2.75, 3.05) is 0 Å². The maximum atomic E-state index is 11.8. The van der Waals surface area contributed by atoms with Crippen molar-refractivity contribution in [2.45, 2.75) is 44.2 Å². The second-order valence-electron chi connectivity index (χ2n) is 4.73. The Balaban J connectivity index is 2.11. The lowest BCUT2D eigenvalue weighted by Gasteiger charge is -2.29. The van der Waals surface area contributed by atoms with Crippen molar-refractivity contribution >= 4 is 11.9 Å². The van der Waals surface area contributed by atoms with Crippen LogP contribution in [0.2, 0.25) is 0 Å². The van der Waals surface area contributed by atoms with Gasteiger partial charge in [0.25, 0.3) is 5.91 Å². The van der Waals surface area contributed by atoms with E-state index < -0.39 is 5.54 Å². The van der Waals surface area contributed by atoms with E-state index in [0.717, 1.165) is 25.7 Å². The number of carbonyl (C=O) groups excluding carboxylic acids is 2. The summed E-state index contributed by atoms with van der Waals surface area (Å²) < 4.78 is 0. The molecule has 0 aromatic carbocycles. The molecule has 3 rings (SSSR count). The van der Waals surface area contributed by atoms with Gasteiger partial charge in [0.2, 0.25) is 0 Å². The fourth-order valence-corrected chi connectivity index (χ4v) is 3.66. The van der Waals surface area contributed by atoms with Gasteiger partial charge in [0.1, 0.15) is 5.54 Å². The Morgan fingerprint density at radius 2 is 2.29 bits per heavy atom. The van der Waals surface area contributed by atoms with Crippen LogP contribution in [0.15, 0.2) is 0 Å². The van der Waals surface area contributed by atoms with Crippen LogP contribution in [0.4, 0.5) is 4.79 Å². The van der Waals surface area contributed by atoms with E-state index >= 15 is 0 Å². The van der Waals surface area contributed by atoms with Crippen molar-refractivity contribution in [2.24, 2.45) is 5.92 Å². The highest BCUT2D eigenvalue weighted by Crippen LogP contribution is 2.51. The zero-order valence-corrected chi connectivity index (χ0v) is 8.25. The summed E-state index contributed by atoms with van der Waals surface area (Å²) in [6.07, 6.45) is 4.04. The highest BCUT2D eigenvalue weighted by Gasteiger charge is 2.64. The molecule has 3 aliphatic rings. The number of urea groups is 1. The summed E-state index contributed by atoms with van der Waals surface area (Å²) in [5, 5.41) is 2.46. The van der Waals surface area contributed by atoms with Gasteiger partial charge in [-0.15, -0.1) is 0 Å². The lowest BCUT2D eigenvalue weighted by molar-refractivity contribution is -0.126. The van der Waals surface area contributed by atoms with E-state index in [4.69, 9.17) is 0 Å². The number of nitrogens with zero attached hydrogens (tertiary/aromatic N) is 1. The number of amides is 3. The summed E-state index contributed by atoms with van der Waals surface area (Å²) in [6.45, 7) is 2.04. The number of nitrogens with one attached hydrogen (secondary N) is 1. The fraction of sp³-hybridized carbons (Fsp3) is 0.800. The molecule has 14 heavy (non-hydrogen) atoms. The largest absolute Gasteiger partial charge is 0.325 e. The predicted octanol–water partition coefficient (Wildman–Crippen LogP) is 0.869. The topological polar surface area (TPSA) is 49.4 Å². The first-order valence-corrected chi connectivity index (χ1v) is 5.31. The molecule has 1 aliphatic carbocycles. The van der Waals surface area contributed by atoms with Crippen LogP contribution in [0.1, 0.15) is 32.6 Å². The maximum Gasteiger partial charge on any atom is 0.325 e. The minimum absolute atomic E-state index is 0.0469. The molecular formula is C10H14N2O2. The summed E-state index contributed by atoms with van der Waals surface area (Å²) in [5.74, 6) is 0.360. The van der Waals surface area contributed by atoms with Gasteiger partial charge in [0.15, 0.2) is 0 Å². The molecular weight excluding hydrogens is 180 g/mol. The highest BCUT2D eigenvalue weighted by atomic mass is 16.2. The summed E-state index contributed by atoms with van der Waals surface area (Å²) in [5.41, 5.74) is -0.448. The van der Waals surface area contributed by atoms with Gasteiger partial charge in [0, 0.05) is 6.04 Å². The Bertz CT molecular complexity index is 328. The zero-order valence-electron chi connectivity index (χ0n) is 8.25. The zero-order chi connectivity index (χ0) is 9.92. The van der Waals surface area contributed by atoms with Crippen LogP contribution in [0.3, 0.4) is 0 Å². The van der Waals surface area contributed by atoms with E-state index in [9.17, 15) is 9.59 Å². The van der Waals surface area contributed by atoms with Crippen LogP contribution in [-0.2, 0) is 4.79 Å². The molecule has 3 amide bonds. The molecule has 76 valence electrons. The van der Waals surface area contributed by atoms with Gasteiger partial charge >= 0.3 is 6.03 Å². The molecule has 3 fully saturated rings. The molecule has 4 heteroatoms. The summed E-state index contributed by atoms with van der Waals surface area (Å²) in [6, 6.07) is 0.0543. The van der Waals surface area contributed by atoms with Crippen molar-refractivity contribution < 1.29 is 9.59 Å². The molecule has 2 heterocycles. The number of imide groups is 1. The first-order chi connectivity index (χ1) is 6.66. The van der Waals surface area contributed by atoms with E-state index in [1.54, 1.807) is 4.90 Å². The summed E-state index contributed by atoms with van der Waals surface area (Å²) >= 11 is 0. The quantitative estimate of drug-likeness (QED) is 0.582. The molecule has 1 N–H and O–H groups in total. The van der Waals surface area contributed by atoms with Crippen LogP contribution in [0.25, 0.3) is 0 Å². The molecule has 0 radical (unpaired) electrons. The van der Waals surface area contributed by atoms with Gasteiger partial charge in [-0.3, -0.25) is 10.1 Å². The van der Waals surface area contributed by atoms with Crippen LogP contribution in [0, 0.1) is 5.92 Å². The Kier molecular flexibility index (Phi) is 1.36. The smallest absolute Gasteiger partial charge is 0.307 e. The third-order valence-corrected chi connectivity index (χ3v) is 4.11. The monoisotopic (exact) mass is 194 g/mol. The molecule has 0 unspecified atom stereocenters. The van der Waals surface area contributed by atoms with Crippen molar-refractivity contribution in [1.82, 2.24) is 10.2 Å². The second kappa shape index (κ2) is 2.30. The second-order valence-corrected chi connectivity index (χ2v) is 4.73. The predicted molar refractivity (Wildman–Crippen MR) is 49.5 cm³/mol. The normalized spacial score (nSPS) is 45.4. The molecule has 2 saturated heterocycles. The molecule has 0 aromatic heterocycles. The third kappa shape index (κ3) is 0.678. The Labute approximate surface area is 82.6 Å². The molecule has 1 spiro atoms. The van der Waals surface area contributed by atoms with Crippen molar-refractivity contribution in [3.8, 4) is 0 Å². The van der Waals surface area contributed by atoms with Gasteiger partial charge in [-0.05, 0) is 32.1 Å². The number of hydrogen-bond donors (Lipinski definition) is 1. The van der Waals surface area contributed by atoms with Crippen molar-refractivity contribution in [1.29, 1.82) is 0 Å². The number of hydrogen-bond acceptors (Lipinski definition) is 2. The van der Waals surface area contributed by atoms with Crippen LogP contribution in [0.5, 0.6) is 0 Å². The lowest BCUT2D eigenvalue weighted by Crippen LogP contribution is -2.48. The first-order valence-electron chi connectivity index (χ1n) is 5.31. The van der Waals surface area contributed by atoms with E-state index in [-0.39, 0.29) is 18.0 Å². The van der Waals surface area contributed by atoms with Crippen molar-refractivity contribution in [3.05, 3.63) is 0 Å². The molecule has 4 nitrogen and oxygen atoms in total. The average molecular weight is 194 g/mol. The third-order valence-electron chi connectivity index (χ3n) is 4.11. The van der Waals surface area contributed by atoms with E-state index in [1.807, 2.05) is 6.92 Å². The van der Waals surface area contributed by atoms with Crippen molar-refractivity contribution in [3.63, 3.8) is 0 Å². The standard InChI is InChI=1S/C10H14N2O2/c1-6-5-7-3-2-4-10(7)8(13)11-9(14)12(6)10/h6-7H,2-5H2,1H3,(H,11,13,14)/t6-,7+,10+/m0/s1. The van der Waals surface area contributed by atoms with E-state index in [2.05, 4.69) is 5.32 Å². The van der Waals surface area contributed by atoms with Gasteiger partial charge in [-0.25, -0.2) is 4.79 Å². The van der Waals surface area contributed by atoms with Gasteiger partial charge in [-0.1, -0.05) is 6.42 Å². The molecule has 0 bridgehead atoms. The Hall–Kier alpha value is -1.06. The number of carbonyl (C=O) groups is 2. The minimum Gasteiger partial charge on any atom is -0.307 e. The van der Waals surface area contributed by atoms with E-state index in [1.165, 1.54) is 0 Å². The summed E-state index contributed by atoms with van der Waals surface area (Å²) in [7, 11) is 0. The van der Waals surface area contributed by atoms with Gasteiger partial charge in [-0.2, -0.15) is 0 Å². The SMILES string of the molecule is C[C@H]1C[C@H]2CCC[C@]23C(=O)NC(=O)N13. The van der Waals surface area contributed by atoms with Crippen LogP contribution >= 0.6 is 0 Å². The molecule has 1 saturated carbocycles. The minimum atomic E-state index is -0.448. The highest BCUT2D eigenvalue weighted by molar-refractivity contribution is 6.08. The van der Waals surface area contributed by atoms with E-state index in [0.29, 0.717) is 5.92 Å². The summed E-state index contributed by atoms with van der Waals surface area (Å²) in [4.78, 5) is 25.2. The van der Waals surface area contributed by atoms with Gasteiger partial charge < -0.3 is 4.90 Å². The molecule has 2 aliphatic heterocycles. The number of rotatable bonds is 0. The maximum absolute atomic E-state index is 11.8. The molecule has 0 aromatic rings. The first kappa shape index (κ1) is 8.26. The Morgan fingerprint density at radius 1 is 1.50 bits per heavy atom. The van der Waals surface area contributed by atoms with Gasteiger partial charge in [0.05, 0.1) is 0 Å². The Morgan fingerprint density at radius 3 is 3.07 bits per heavy atom. The van der Waals surface area contributed by atoms with Crippen LogP contribution in [-0.4, -0.2) is 28.4 Å². The lowest BCUT2D eigenvalue weighted by atomic mass is 9.88. The molecule has 3 atom stereocenters. The van der Waals surface area contributed by atoms with Crippen LogP contribution < -0.4 is 5.32 Å². The fourth-order valence-electron chi connectivity index (χ4n) is 3.66.